The van der Waals surface area contributed by atoms with Gasteiger partial charge in [0.25, 0.3) is 0 Å². The van der Waals surface area contributed by atoms with Crippen LogP contribution in [0.15, 0.2) is 59.8 Å². The lowest BCUT2D eigenvalue weighted by Gasteiger charge is -2.07. The quantitative estimate of drug-likeness (QED) is 0.884. The number of pyridine rings is 1. The largest absolute Gasteiger partial charge is 0.337 e. The smallest absolute Gasteiger partial charge is 0.319 e. The van der Waals surface area contributed by atoms with Crippen LogP contribution in [-0.4, -0.2) is 27.5 Å². The van der Waals surface area contributed by atoms with Crippen molar-refractivity contribution in [2.45, 2.75) is 4.90 Å². The molecule has 5 nitrogen and oxygen atoms in total. The number of nitrogens with one attached hydrogen (secondary N) is 2. The molecule has 0 bridgehead atoms. The first-order chi connectivity index (χ1) is 9.75. The Hall–Kier alpha value is -2.21. The zero-order valence-electron chi connectivity index (χ0n) is 10.8. The van der Waals surface area contributed by atoms with Gasteiger partial charge in [-0.3, -0.25) is 9.19 Å². The number of carbonyl (C=O) groups excluding carboxylic acids is 1. The van der Waals surface area contributed by atoms with Gasteiger partial charge in [0.15, 0.2) is 0 Å². The maximum absolute atomic E-state index is 11.9. The molecule has 2 aromatic rings. The molecule has 0 radical (unpaired) electrons. The van der Waals surface area contributed by atoms with Gasteiger partial charge in [-0.05, 0) is 24.3 Å². The Labute approximate surface area is 119 Å². The van der Waals surface area contributed by atoms with Crippen LogP contribution in [0.1, 0.15) is 0 Å². The maximum atomic E-state index is 11.9. The standard InChI is InChI=1S/C14H15N3O2S/c18-14(17-12-6-8-15-9-7-12)16-10-11-20(19)13-4-2-1-3-5-13/h1-9H,10-11H2,(H2,15,16,17,18). The van der Waals surface area contributed by atoms with E-state index in [0.717, 1.165) is 4.90 Å². The van der Waals surface area contributed by atoms with Crippen LogP contribution in [0.5, 0.6) is 0 Å². The lowest BCUT2D eigenvalue weighted by Crippen LogP contribution is -2.31. The predicted octanol–water partition coefficient (Wildman–Crippen LogP) is 2.01. The summed E-state index contributed by atoms with van der Waals surface area (Å²) in [5.74, 6) is 0.383. The number of urea groups is 1. The number of aromatic nitrogens is 1. The molecule has 1 atom stereocenters. The zero-order chi connectivity index (χ0) is 14.2. The van der Waals surface area contributed by atoms with Crippen LogP contribution in [0, 0.1) is 0 Å². The molecular weight excluding hydrogens is 274 g/mol. The lowest BCUT2D eigenvalue weighted by molar-refractivity contribution is 0.252. The molecular formula is C14H15N3O2S. The number of hydrogen-bond acceptors (Lipinski definition) is 3. The van der Waals surface area contributed by atoms with Crippen LogP contribution in [0.4, 0.5) is 10.5 Å². The first-order valence-corrected chi connectivity index (χ1v) is 7.46. The molecule has 2 rings (SSSR count). The molecule has 0 aliphatic rings. The first-order valence-electron chi connectivity index (χ1n) is 6.14. The van der Waals surface area contributed by atoms with E-state index in [0.29, 0.717) is 18.0 Å². The van der Waals surface area contributed by atoms with Crippen molar-refractivity contribution in [3.05, 3.63) is 54.9 Å². The number of anilines is 1. The van der Waals surface area contributed by atoms with Crippen molar-refractivity contribution in [3.8, 4) is 0 Å². The van der Waals surface area contributed by atoms with Gasteiger partial charge in [0.1, 0.15) is 0 Å². The molecule has 0 aliphatic heterocycles. The average molecular weight is 289 g/mol. The Morgan fingerprint density at radius 2 is 1.80 bits per heavy atom. The number of nitrogens with zero attached hydrogens (tertiary/aromatic N) is 1. The van der Waals surface area contributed by atoms with E-state index in [-0.39, 0.29) is 6.03 Å². The van der Waals surface area contributed by atoms with Gasteiger partial charge in [-0.1, -0.05) is 18.2 Å². The summed E-state index contributed by atoms with van der Waals surface area (Å²) >= 11 is 0. The van der Waals surface area contributed by atoms with Crippen LogP contribution < -0.4 is 10.6 Å². The van der Waals surface area contributed by atoms with E-state index < -0.39 is 10.8 Å². The topological polar surface area (TPSA) is 71.1 Å². The van der Waals surface area contributed by atoms with Gasteiger partial charge in [0.2, 0.25) is 0 Å². The molecule has 1 heterocycles. The Bertz CT molecular complexity index is 575. The summed E-state index contributed by atoms with van der Waals surface area (Å²) in [5.41, 5.74) is 0.668. The van der Waals surface area contributed by atoms with Crippen molar-refractivity contribution in [1.82, 2.24) is 10.3 Å². The Morgan fingerprint density at radius 1 is 1.10 bits per heavy atom. The van der Waals surface area contributed by atoms with Crippen LogP contribution in [0.25, 0.3) is 0 Å². The van der Waals surface area contributed by atoms with Crippen molar-refractivity contribution in [2.75, 3.05) is 17.6 Å². The van der Waals surface area contributed by atoms with Crippen molar-refractivity contribution in [3.63, 3.8) is 0 Å². The molecule has 0 spiro atoms. The SMILES string of the molecule is O=C(NCCS(=O)c1ccccc1)Nc1ccncc1. The second kappa shape index (κ2) is 7.40. The van der Waals surface area contributed by atoms with E-state index in [1.807, 2.05) is 30.3 Å². The number of benzene rings is 1. The van der Waals surface area contributed by atoms with E-state index >= 15 is 0 Å². The number of carbonyl (C=O) groups is 1. The summed E-state index contributed by atoms with van der Waals surface area (Å²) in [6, 6.07) is 12.3. The Morgan fingerprint density at radius 3 is 2.50 bits per heavy atom. The highest BCUT2D eigenvalue weighted by molar-refractivity contribution is 7.85. The molecule has 20 heavy (non-hydrogen) atoms. The van der Waals surface area contributed by atoms with Gasteiger partial charge >= 0.3 is 6.03 Å². The molecule has 2 N–H and O–H groups in total. The number of amides is 2. The fourth-order valence-corrected chi connectivity index (χ4v) is 2.54. The number of rotatable bonds is 5. The van der Waals surface area contributed by atoms with Gasteiger partial charge in [0, 0.05) is 35.3 Å². The molecule has 0 saturated heterocycles. The van der Waals surface area contributed by atoms with Crippen molar-refractivity contribution in [2.24, 2.45) is 0 Å². The highest BCUT2D eigenvalue weighted by Crippen LogP contribution is 2.05. The van der Waals surface area contributed by atoms with E-state index in [4.69, 9.17) is 0 Å². The van der Waals surface area contributed by atoms with Crippen LogP contribution in [-0.2, 0) is 10.8 Å². The minimum absolute atomic E-state index is 0.318. The second-order valence-corrected chi connectivity index (χ2v) is 5.55. The molecule has 1 aromatic heterocycles. The molecule has 0 aliphatic carbocycles. The van der Waals surface area contributed by atoms with E-state index in [1.165, 1.54) is 0 Å². The summed E-state index contributed by atoms with van der Waals surface area (Å²) in [5, 5.41) is 5.33. The lowest BCUT2D eigenvalue weighted by atomic mass is 10.4. The monoisotopic (exact) mass is 289 g/mol. The third-order valence-corrected chi connectivity index (χ3v) is 3.89. The predicted molar refractivity (Wildman–Crippen MR) is 79.0 cm³/mol. The molecule has 0 fully saturated rings. The average Bonchev–Trinajstić information content (AvgIpc) is 2.49. The Balaban J connectivity index is 1.73. The van der Waals surface area contributed by atoms with Crippen molar-refractivity contribution in [1.29, 1.82) is 0 Å². The maximum Gasteiger partial charge on any atom is 0.319 e. The summed E-state index contributed by atoms with van der Waals surface area (Å²) in [6.07, 6.45) is 3.19. The zero-order valence-corrected chi connectivity index (χ0v) is 11.6. The van der Waals surface area contributed by atoms with Gasteiger partial charge in [0.05, 0.1) is 10.8 Å². The van der Waals surface area contributed by atoms with Crippen LogP contribution >= 0.6 is 0 Å². The summed E-state index contributed by atoms with van der Waals surface area (Å²) in [6.45, 7) is 0.346. The molecule has 1 unspecified atom stereocenters. The second-order valence-electron chi connectivity index (χ2n) is 3.98. The van der Waals surface area contributed by atoms with Crippen LogP contribution in [0.2, 0.25) is 0 Å². The van der Waals surface area contributed by atoms with Gasteiger partial charge in [-0.15, -0.1) is 0 Å². The molecule has 6 heteroatoms. The summed E-state index contributed by atoms with van der Waals surface area (Å²) in [4.78, 5) is 16.2. The normalized spacial score (nSPS) is 11.6. The minimum atomic E-state index is -1.10. The fraction of sp³-hybridized carbons (Fsp3) is 0.143. The third-order valence-electron chi connectivity index (χ3n) is 2.52. The highest BCUT2D eigenvalue weighted by Gasteiger charge is 2.05. The third kappa shape index (κ3) is 4.47. The van der Waals surface area contributed by atoms with Crippen molar-refractivity contribution < 1.29 is 9.00 Å². The summed E-state index contributed by atoms with van der Waals surface area (Å²) < 4.78 is 11.9. The number of hydrogen-bond donors (Lipinski definition) is 2. The van der Waals surface area contributed by atoms with E-state index in [9.17, 15) is 9.00 Å². The van der Waals surface area contributed by atoms with Crippen molar-refractivity contribution >= 4 is 22.5 Å². The molecule has 0 saturated carbocycles. The van der Waals surface area contributed by atoms with Gasteiger partial charge < -0.3 is 10.6 Å². The Kier molecular flexibility index (Phi) is 5.25. The van der Waals surface area contributed by atoms with Gasteiger partial charge in [-0.25, -0.2) is 4.79 Å². The van der Waals surface area contributed by atoms with Crippen LogP contribution in [0.3, 0.4) is 0 Å². The summed E-state index contributed by atoms with van der Waals surface area (Å²) in [7, 11) is -1.10. The first kappa shape index (κ1) is 14.2. The fourth-order valence-electron chi connectivity index (χ4n) is 1.56. The van der Waals surface area contributed by atoms with E-state index in [2.05, 4.69) is 15.6 Å². The van der Waals surface area contributed by atoms with E-state index in [1.54, 1.807) is 24.5 Å². The molecule has 104 valence electrons. The minimum Gasteiger partial charge on any atom is -0.337 e. The molecule has 1 aromatic carbocycles. The van der Waals surface area contributed by atoms with Gasteiger partial charge in [-0.2, -0.15) is 0 Å². The molecule has 2 amide bonds. The highest BCUT2D eigenvalue weighted by atomic mass is 32.2.